The molecule has 92 valence electrons. The van der Waals surface area contributed by atoms with E-state index >= 15 is 0 Å². The van der Waals surface area contributed by atoms with Crippen LogP contribution in [0.5, 0.6) is 0 Å². The molecule has 1 saturated heterocycles. The van der Waals surface area contributed by atoms with Crippen LogP contribution >= 0.6 is 0 Å². The molecule has 0 atom stereocenters. The maximum atomic E-state index is 11.2. The van der Waals surface area contributed by atoms with Crippen LogP contribution in [0.2, 0.25) is 0 Å². The summed E-state index contributed by atoms with van der Waals surface area (Å²) in [6.07, 6.45) is 1.80. The number of aromatic nitrogens is 1. The van der Waals surface area contributed by atoms with Crippen LogP contribution in [0.4, 0.5) is 0 Å². The molecule has 1 fully saturated rings. The van der Waals surface area contributed by atoms with Gasteiger partial charge in [-0.15, -0.1) is 0 Å². The molecule has 1 aromatic heterocycles. The Hall–Kier alpha value is -1.42. The van der Waals surface area contributed by atoms with E-state index in [1.807, 2.05) is 6.07 Å². The zero-order chi connectivity index (χ0) is 12.5. The van der Waals surface area contributed by atoms with Crippen LogP contribution < -0.4 is 5.32 Å². The molecule has 1 aliphatic rings. The molecule has 0 aromatic carbocycles. The van der Waals surface area contributed by atoms with E-state index in [4.69, 9.17) is 4.74 Å². The topological polar surface area (TPSA) is 51.2 Å². The Morgan fingerprint density at radius 1 is 1.53 bits per heavy atom. The van der Waals surface area contributed by atoms with Gasteiger partial charge >= 0.3 is 0 Å². The molecule has 17 heavy (non-hydrogen) atoms. The molecule has 0 saturated carbocycles. The SMILES string of the molecule is CC(=O)NC1(c2cc(C(C)C)ccn2)COC1. The lowest BCUT2D eigenvalue weighted by Crippen LogP contribution is -2.59. The number of amides is 1. The summed E-state index contributed by atoms with van der Waals surface area (Å²) in [5.74, 6) is 0.400. The fourth-order valence-corrected chi connectivity index (χ4v) is 1.99. The van der Waals surface area contributed by atoms with E-state index in [-0.39, 0.29) is 5.91 Å². The highest BCUT2D eigenvalue weighted by atomic mass is 16.5. The Morgan fingerprint density at radius 3 is 2.71 bits per heavy atom. The summed E-state index contributed by atoms with van der Waals surface area (Å²) in [6, 6.07) is 4.07. The number of ether oxygens (including phenoxy) is 1. The van der Waals surface area contributed by atoms with Crippen molar-refractivity contribution in [2.45, 2.75) is 32.2 Å². The average Bonchev–Trinajstić information content (AvgIpc) is 2.23. The number of carbonyl (C=O) groups excluding carboxylic acids is 1. The minimum absolute atomic E-state index is 0.0509. The van der Waals surface area contributed by atoms with Crippen molar-refractivity contribution in [3.63, 3.8) is 0 Å². The second kappa shape index (κ2) is 4.45. The third-order valence-corrected chi connectivity index (χ3v) is 3.05. The van der Waals surface area contributed by atoms with Crippen LogP contribution in [-0.2, 0) is 15.1 Å². The molecule has 4 nitrogen and oxygen atoms in total. The van der Waals surface area contributed by atoms with Crippen molar-refractivity contribution in [1.29, 1.82) is 0 Å². The maximum Gasteiger partial charge on any atom is 0.217 e. The monoisotopic (exact) mass is 234 g/mol. The third kappa shape index (κ3) is 2.31. The highest BCUT2D eigenvalue weighted by Gasteiger charge is 2.42. The Labute approximate surface area is 101 Å². The molecule has 1 aliphatic heterocycles. The van der Waals surface area contributed by atoms with Gasteiger partial charge in [-0.2, -0.15) is 0 Å². The van der Waals surface area contributed by atoms with Crippen molar-refractivity contribution in [3.05, 3.63) is 29.6 Å². The van der Waals surface area contributed by atoms with Gasteiger partial charge < -0.3 is 10.1 Å². The van der Waals surface area contributed by atoms with Crippen LogP contribution in [0.15, 0.2) is 18.3 Å². The summed E-state index contributed by atoms with van der Waals surface area (Å²) in [5, 5.41) is 2.95. The van der Waals surface area contributed by atoms with Crippen LogP contribution in [0.25, 0.3) is 0 Å². The first kappa shape index (κ1) is 12.0. The number of carbonyl (C=O) groups is 1. The van der Waals surface area contributed by atoms with Crippen molar-refractivity contribution >= 4 is 5.91 Å². The second-order valence-electron chi connectivity index (χ2n) is 4.89. The predicted octanol–water partition coefficient (Wildman–Crippen LogP) is 1.57. The first-order valence-electron chi connectivity index (χ1n) is 5.86. The zero-order valence-corrected chi connectivity index (χ0v) is 10.5. The molecule has 2 rings (SSSR count). The van der Waals surface area contributed by atoms with Crippen LogP contribution in [0.3, 0.4) is 0 Å². The summed E-state index contributed by atoms with van der Waals surface area (Å²) in [4.78, 5) is 15.6. The highest BCUT2D eigenvalue weighted by molar-refractivity contribution is 5.74. The fourth-order valence-electron chi connectivity index (χ4n) is 1.99. The summed E-state index contributed by atoms with van der Waals surface area (Å²) >= 11 is 0. The first-order valence-corrected chi connectivity index (χ1v) is 5.86. The van der Waals surface area contributed by atoms with Gasteiger partial charge in [0, 0.05) is 13.1 Å². The van der Waals surface area contributed by atoms with Crippen molar-refractivity contribution in [3.8, 4) is 0 Å². The lowest BCUT2D eigenvalue weighted by Gasteiger charge is -2.41. The first-order chi connectivity index (χ1) is 8.03. The molecule has 0 aliphatic carbocycles. The smallest absolute Gasteiger partial charge is 0.217 e. The molecule has 0 spiro atoms. The summed E-state index contributed by atoms with van der Waals surface area (Å²) in [5.41, 5.74) is 1.70. The highest BCUT2D eigenvalue weighted by Crippen LogP contribution is 2.29. The van der Waals surface area contributed by atoms with E-state index in [0.29, 0.717) is 19.1 Å². The van der Waals surface area contributed by atoms with E-state index in [2.05, 4.69) is 30.2 Å². The largest absolute Gasteiger partial charge is 0.376 e. The number of hydrogen-bond donors (Lipinski definition) is 1. The van der Waals surface area contributed by atoms with E-state index in [1.54, 1.807) is 6.20 Å². The van der Waals surface area contributed by atoms with E-state index in [1.165, 1.54) is 12.5 Å². The molecule has 0 bridgehead atoms. The number of nitrogens with one attached hydrogen (secondary N) is 1. The minimum atomic E-state index is -0.420. The van der Waals surface area contributed by atoms with Gasteiger partial charge in [0.05, 0.1) is 18.9 Å². The second-order valence-corrected chi connectivity index (χ2v) is 4.89. The number of rotatable bonds is 3. The molecule has 4 heteroatoms. The molecule has 1 N–H and O–H groups in total. The number of pyridine rings is 1. The van der Waals surface area contributed by atoms with Gasteiger partial charge in [0.2, 0.25) is 5.91 Å². The van der Waals surface area contributed by atoms with Crippen molar-refractivity contribution < 1.29 is 9.53 Å². The molecule has 2 heterocycles. The number of nitrogens with zero attached hydrogens (tertiary/aromatic N) is 1. The van der Waals surface area contributed by atoms with Gasteiger partial charge in [0.15, 0.2) is 0 Å². The Bertz CT molecular complexity index is 425. The lowest BCUT2D eigenvalue weighted by atomic mass is 9.90. The molecule has 1 aromatic rings. The van der Waals surface area contributed by atoms with Crippen molar-refractivity contribution in [1.82, 2.24) is 10.3 Å². The fraction of sp³-hybridized carbons (Fsp3) is 0.538. The third-order valence-electron chi connectivity index (χ3n) is 3.05. The van der Waals surface area contributed by atoms with E-state index in [0.717, 1.165) is 5.69 Å². The van der Waals surface area contributed by atoms with Gasteiger partial charge in [-0.3, -0.25) is 9.78 Å². The maximum absolute atomic E-state index is 11.2. The van der Waals surface area contributed by atoms with Gasteiger partial charge in [0.1, 0.15) is 5.54 Å². The molecule has 1 amide bonds. The summed E-state index contributed by atoms with van der Waals surface area (Å²) in [6.45, 7) is 6.80. The Morgan fingerprint density at radius 2 is 2.24 bits per heavy atom. The lowest BCUT2D eigenvalue weighted by molar-refractivity contribution is -0.132. The van der Waals surface area contributed by atoms with Gasteiger partial charge in [-0.05, 0) is 23.6 Å². The van der Waals surface area contributed by atoms with E-state index in [9.17, 15) is 4.79 Å². The van der Waals surface area contributed by atoms with Crippen molar-refractivity contribution in [2.75, 3.05) is 13.2 Å². The molecular formula is C13H18N2O2. The van der Waals surface area contributed by atoms with Crippen LogP contribution in [-0.4, -0.2) is 24.1 Å². The van der Waals surface area contributed by atoms with E-state index < -0.39 is 5.54 Å². The Kier molecular flexibility index (Phi) is 3.15. The van der Waals surface area contributed by atoms with Crippen LogP contribution in [0.1, 0.15) is 37.9 Å². The van der Waals surface area contributed by atoms with Gasteiger partial charge in [-0.1, -0.05) is 13.8 Å². The molecular weight excluding hydrogens is 216 g/mol. The molecule has 0 unspecified atom stereocenters. The van der Waals surface area contributed by atoms with Crippen molar-refractivity contribution in [2.24, 2.45) is 0 Å². The molecule has 0 radical (unpaired) electrons. The standard InChI is InChI=1S/C13H18N2O2/c1-9(2)11-4-5-14-12(6-11)13(7-17-8-13)15-10(3)16/h4-6,9H,7-8H2,1-3H3,(H,15,16). The normalized spacial score (nSPS) is 17.6. The number of hydrogen-bond acceptors (Lipinski definition) is 3. The van der Waals surface area contributed by atoms with Gasteiger partial charge in [-0.25, -0.2) is 0 Å². The van der Waals surface area contributed by atoms with Gasteiger partial charge in [0.25, 0.3) is 0 Å². The minimum Gasteiger partial charge on any atom is -0.376 e. The average molecular weight is 234 g/mol. The summed E-state index contributed by atoms with van der Waals surface area (Å²) < 4.78 is 5.24. The summed E-state index contributed by atoms with van der Waals surface area (Å²) in [7, 11) is 0. The predicted molar refractivity (Wildman–Crippen MR) is 64.6 cm³/mol. The zero-order valence-electron chi connectivity index (χ0n) is 10.5. The Balaban J connectivity index is 2.31. The quantitative estimate of drug-likeness (QED) is 0.863. The van der Waals surface area contributed by atoms with Crippen LogP contribution in [0, 0.1) is 0 Å².